The second kappa shape index (κ2) is 11.1. The molecule has 2 aromatic carbocycles. The van der Waals surface area contributed by atoms with Crippen LogP contribution in [0.15, 0.2) is 41.3 Å². The number of anilines is 1. The Labute approximate surface area is 197 Å². The van der Waals surface area contributed by atoms with Crippen LogP contribution in [-0.2, 0) is 24.3 Å². The molecule has 12 heteroatoms. The van der Waals surface area contributed by atoms with Crippen molar-refractivity contribution in [3.8, 4) is 5.75 Å². The molecule has 0 aliphatic carbocycles. The second-order valence-corrected chi connectivity index (χ2v) is 9.62. The van der Waals surface area contributed by atoms with Crippen LogP contribution in [-0.4, -0.2) is 45.0 Å². The van der Waals surface area contributed by atoms with E-state index < -0.39 is 45.4 Å². The summed E-state index contributed by atoms with van der Waals surface area (Å²) in [6.45, 7) is 5.96. The Morgan fingerprint density at radius 3 is 2.26 bits per heavy atom. The zero-order valence-corrected chi connectivity index (χ0v) is 20.3. The van der Waals surface area contributed by atoms with E-state index in [0.29, 0.717) is 5.56 Å². The van der Waals surface area contributed by atoms with Gasteiger partial charge in [0.25, 0.3) is 5.91 Å². The number of rotatable bonds is 10. The Hall–Kier alpha value is -3.51. The van der Waals surface area contributed by atoms with Crippen molar-refractivity contribution in [2.24, 2.45) is 5.92 Å². The first-order chi connectivity index (χ1) is 15.9. The lowest BCUT2D eigenvalue weighted by molar-refractivity contribution is -0.385. The SMILES string of the molecule is COc1cc(NC(=O)COC(=O)C(NS(=O)(=O)c2ccc(C)cc2)C(C)C)c(C)cc1[N+](=O)[O-]. The topological polar surface area (TPSA) is 154 Å². The summed E-state index contributed by atoms with van der Waals surface area (Å²) in [5, 5.41) is 13.6. The molecular formula is C22H27N3O8S. The van der Waals surface area contributed by atoms with Crippen molar-refractivity contribution in [2.75, 3.05) is 19.0 Å². The monoisotopic (exact) mass is 493 g/mol. The molecule has 0 bridgehead atoms. The Bertz CT molecular complexity index is 1180. The van der Waals surface area contributed by atoms with Gasteiger partial charge in [0.05, 0.1) is 16.9 Å². The summed E-state index contributed by atoms with van der Waals surface area (Å²) in [5.41, 5.74) is 1.26. The molecule has 2 aromatic rings. The van der Waals surface area contributed by atoms with E-state index in [2.05, 4.69) is 10.0 Å². The quantitative estimate of drug-likeness (QED) is 0.291. The van der Waals surface area contributed by atoms with Gasteiger partial charge >= 0.3 is 11.7 Å². The van der Waals surface area contributed by atoms with Gasteiger partial charge in [0.15, 0.2) is 12.4 Å². The van der Waals surface area contributed by atoms with E-state index in [1.807, 2.05) is 6.92 Å². The van der Waals surface area contributed by atoms with Crippen LogP contribution in [0.4, 0.5) is 11.4 Å². The first-order valence-electron chi connectivity index (χ1n) is 10.2. The van der Waals surface area contributed by atoms with Gasteiger partial charge in [-0.3, -0.25) is 19.7 Å². The molecule has 0 heterocycles. The van der Waals surface area contributed by atoms with Crippen LogP contribution < -0.4 is 14.8 Å². The molecule has 11 nitrogen and oxygen atoms in total. The molecule has 184 valence electrons. The number of benzene rings is 2. The smallest absolute Gasteiger partial charge is 0.324 e. The molecule has 0 radical (unpaired) electrons. The zero-order chi connectivity index (χ0) is 25.6. The number of nitrogens with one attached hydrogen (secondary N) is 2. The molecule has 0 aliphatic heterocycles. The van der Waals surface area contributed by atoms with Crippen molar-refractivity contribution in [3.05, 3.63) is 57.6 Å². The zero-order valence-electron chi connectivity index (χ0n) is 19.4. The van der Waals surface area contributed by atoms with E-state index >= 15 is 0 Å². The van der Waals surface area contributed by atoms with E-state index in [1.54, 1.807) is 32.9 Å². The second-order valence-electron chi connectivity index (χ2n) is 7.91. The number of esters is 1. The number of amides is 1. The molecule has 0 aromatic heterocycles. The van der Waals surface area contributed by atoms with E-state index in [9.17, 15) is 28.1 Å². The van der Waals surface area contributed by atoms with Gasteiger partial charge in [0.1, 0.15) is 6.04 Å². The lowest BCUT2D eigenvalue weighted by atomic mass is 10.1. The van der Waals surface area contributed by atoms with Crippen LogP contribution in [0.25, 0.3) is 0 Å². The molecular weight excluding hydrogens is 466 g/mol. The number of nitro benzene ring substituents is 1. The highest BCUT2D eigenvalue weighted by molar-refractivity contribution is 7.89. The summed E-state index contributed by atoms with van der Waals surface area (Å²) >= 11 is 0. The fourth-order valence-electron chi connectivity index (χ4n) is 2.94. The fourth-order valence-corrected chi connectivity index (χ4v) is 4.27. The van der Waals surface area contributed by atoms with E-state index in [4.69, 9.17) is 9.47 Å². The molecule has 1 amide bonds. The summed E-state index contributed by atoms with van der Waals surface area (Å²) in [6, 6.07) is 7.44. The van der Waals surface area contributed by atoms with Gasteiger partial charge in [-0.25, -0.2) is 8.42 Å². The maximum atomic E-state index is 12.7. The normalized spacial score (nSPS) is 12.2. The number of carbonyl (C=O) groups is 2. The highest BCUT2D eigenvalue weighted by atomic mass is 32.2. The van der Waals surface area contributed by atoms with Crippen LogP contribution in [0.3, 0.4) is 0 Å². The maximum absolute atomic E-state index is 12.7. The van der Waals surface area contributed by atoms with Crippen molar-refractivity contribution in [3.63, 3.8) is 0 Å². The number of ether oxygens (including phenoxy) is 2. The standard InChI is InChI=1S/C22H27N3O8S/c1-13(2)21(24-34(30,31)16-8-6-14(3)7-9-16)22(27)33-12-20(26)23-17-11-19(32-5)18(25(28)29)10-15(17)4/h6-11,13,21,24H,12H2,1-5H3,(H,23,26). The summed E-state index contributed by atoms with van der Waals surface area (Å²) in [7, 11) is -2.74. The molecule has 34 heavy (non-hydrogen) atoms. The maximum Gasteiger partial charge on any atom is 0.324 e. The summed E-state index contributed by atoms with van der Waals surface area (Å²) in [4.78, 5) is 35.4. The molecule has 0 saturated carbocycles. The highest BCUT2D eigenvalue weighted by Crippen LogP contribution is 2.32. The number of hydrogen-bond acceptors (Lipinski definition) is 8. The lowest BCUT2D eigenvalue weighted by Gasteiger charge is -2.21. The fraction of sp³-hybridized carbons (Fsp3) is 0.364. The van der Waals surface area contributed by atoms with Crippen LogP contribution in [0, 0.1) is 29.9 Å². The molecule has 1 atom stereocenters. The van der Waals surface area contributed by atoms with Crippen LogP contribution in [0.1, 0.15) is 25.0 Å². The summed E-state index contributed by atoms with van der Waals surface area (Å²) in [6.07, 6.45) is 0. The van der Waals surface area contributed by atoms with Gasteiger partial charge < -0.3 is 14.8 Å². The molecule has 0 fully saturated rings. The number of nitrogens with zero attached hydrogens (tertiary/aromatic N) is 1. The van der Waals surface area contributed by atoms with Crippen LogP contribution in [0.5, 0.6) is 5.75 Å². The molecule has 2 N–H and O–H groups in total. The number of methoxy groups -OCH3 is 1. The van der Waals surface area contributed by atoms with Crippen molar-refractivity contribution in [2.45, 2.75) is 38.6 Å². The van der Waals surface area contributed by atoms with Gasteiger partial charge in [-0.1, -0.05) is 31.5 Å². The van der Waals surface area contributed by atoms with Crippen molar-refractivity contribution >= 4 is 33.3 Å². The third kappa shape index (κ3) is 6.75. The number of nitro groups is 1. The number of sulfonamides is 1. The molecule has 0 saturated heterocycles. The van der Waals surface area contributed by atoms with E-state index in [-0.39, 0.29) is 22.0 Å². The Morgan fingerprint density at radius 1 is 1.12 bits per heavy atom. The lowest BCUT2D eigenvalue weighted by Crippen LogP contribution is -2.45. The van der Waals surface area contributed by atoms with Gasteiger partial charge in [-0.15, -0.1) is 0 Å². The Morgan fingerprint density at radius 2 is 1.74 bits per heavy atom. The largest absolute Gasteiger partial charge is 0.490 e. The average Bonchev–Trinajstić information content (AvgIpc) is 2.77. The Kier molecular flexibility index (Phi) is 8.71. The van der Waals surface area contributed by atoms with Gasteiger partial charge in [0.2, 0.25) is 10.0 Å². The van der Waals surface area contributed by atoms with Crippen LogP contribution >= 0.6 is 0 Å². The van der Waals surface area contributed by atoms with Gasteiger partial charge in [-0.05, 0) is 37.5 Å². The first-order valence-corrected chi connectivity index (χ1v) is 11.7. The minimum absolute atomic E-state index is 0.00288. The van der Waals surface area contributed by atoms with Gasteiger partial charge in [0, 0.05) is 17.8 Å². The summed E-state index contributed by atoms with van der Waals surface area (Å²) < 4.78 is 37.7. The van der Waals surface area contributed by atoms with Crippen LogP contribution in [0.2, 0.25) is 0 Å². The van der Waals surface area contributed by atoms with E-state index in [0.717, 1.165) is 5.56 Å². The minimum atomic E-state index is -4.00. The third-order valence-corrected chi connectivity index (χ3v) is 6.33. The third-order valence-electron chi connectivity index (χ3n) is 4.88. The average molecular weight is 494 g/mol. The van der Waals surface area contributed by atoms with Crippen molar-refractivity contribution in [1.29, 1.82) is 0 Å². The molecule has 2 rings (SSSR count). The van der Waals surface area contributed by atoms with E-state index in [1.165, 1.54) is 31.4 Å². The Balaban J connectivity index is 2.07. The summed E-state index contributed by atoms with van der Waals surface area (Å²) in [5.74, 6) is -2.14. The van der Waals surface area contributed by atoms with Crippen molar-refractivity contribution in [1.82, 2.24) is 4.72 Å². The van der Waals surface area contributed by atoms with Crippen molar-refractivity contribution < 1.29 is 32.4 Å². The minimum Gasteiger partial charge on any atom is -0.490 e. The number of hydrogen-bond donors (Lipinski definition) is 2. The number of carbonyl (C=O) groups excluding carboxylic acids is 2. The predicted octanol–water partition coefficient (Wildman–Crippen LogP) is 2.71. The van der Waals surface area contributed by atoms with Gasteiger partial charge in [-0.2, -0.15) is 4.72 Å². The first kappa shape index (κ1) is 26.7. The predicted molar refractivity (Wildman–Crippen MR) is 124 cm³/mol. The molecule has 0 aliphatic rings. The molecule has 0 spiro atoms. The molecule has 1 unspecified atom stereocenters. The highest BCUT2D eigenvalue weighted by Gasteiger charge is 2.30. The number of aryl methyl sites for hydroxylation is 2.